The van der Waals surface area contributed by atoms with E-state index < -0.39 is 6.23 Å². The zero-order valence-electron chi connectivity index (χ0n) is 10.6. The maximum atomic E-state index is 10.0. The minimum atomic E-state index is -0.572. The van der Waals surface area contributed by atoms with Crippen molar-refractivity contribution in [2.75, 3.05) is 39.9 Å². The lowest BCUT2D eigenvalue weighted by Gasteiger charge is -2.31. The number of piperazine rings is 1. The Morgan fingerprint density at radius 1 is 1.28 bits per heavy atom. The Morgan fingerprint density at radius 3 is 2.61 bits per heavy atom. The van der Waals surface area contributed by atoms with Gasteiger partial charge in [-0.25, -0.2) is 0 Å². The molecule has 0 aromatic heterocycles. The van der Waals surface area contributed by atoms with Crippen molar-refractivity contribution in [1.29, 1.82) is 0 Å². The molecule has 0 radical (unpaired) electrons. The Labute approximate surface area is 107 Å². The van der Waals surface area contributed by atoms with E-state index in [9.17, 15) is 5.11 Å². The number of para-hydroxylation sites is 2. The highest BCUT2D eigenvalue weighted by Crippen LogP contribution is 2.25. The third kappa shape index (κ3) is 3.35. The number of hydrogen-bond acceptors (Lipinski definition) is 5. The largest absolute Gasteiger partial charge is 0.493 e. The second kappa shape index (κ2) is 6.58. The molecule has 0 spiro atoms. The first-order valence-electron chi connectivity index (χ1n) is 6.20. The van der Waals surface area contributed by atoms with Gasteiger partial charge in [0.05, 0.1) is 7.11 Å². The molecule has 5 nitrogen and oxygen atoms in total. The first-order valence-corrected chi connectivity index (χ1v) is 6.20. The van der Waals surface area contributed by atoms with Gasteiger partial charge in [-0.1, -0.05) is 12.1 Å². The Kier molecular flexibility index (Phi) is 4.81. The van der Waals surface area contributed by atoms with Gasteiger partial charge in [-0.05, 0) is 12.1 Å². The molecular formula is C13H20N2O3. The number of benzene rings is 1. The van der Waals surface area contributed by atoms with Gasteiger partial charge < -0.3 is 19.9 Å². The number of hydrogen-bond donors (Lipinski definition) is 2. The van der Waals surface area contributed by atoms with Gasteiger partial charge in [-0.3, -0.25) is 4.90 Å². The molecule has 1 aromatic carbocycles. The van der Waals surface area contributed by atoms with Crippen molar-refractivity contribution in [3.05, 3.63) is 24.3 Å². The van der Waals surface area contributed by atoms with Crippen LogP contribution in [0.15, 0.2) is 24.3 Å². The van der Waals surface area contributed by atoms with Gasteiger partial charge in [0, 0.05) is 26.2 Å². The summed E-state index contributed by atoms with van der Waals surface area (Å²) >= 11 is 0. The van der Waals surface area contributed by atoms with Crippen molar-refractivity contribution < 1.29 is 14.6 Å². The fourth-order valence-corrected chi connectivity index (χ4v) is 1.99. The molecule has 1 fully saturated rings. The van der Waals surface area contributed by atoms with E-state index >= 15 is 0 Å². The van der Waals surface area contributed by atoms with Crippen molar-refractivity contribution in [3.63, 3.8) is 0 Å². The standard InChI is InChI=1S/C13H20N2O3/c1-17-11-4-2-3-5-12(11)18-10-13(16)15-8-6-14-7-9-15/h2-5,13-14,16H,6-10H2,1H3. The van der Waals surface area contributed by atoms with Gasteiger partial charge in [-0.2, -0.15) is 0 Å². The third-order valence-corrected chi connectivity index (χ3v) is 3.03. The molecule has 100 valence electrons. The number of ether oxygens (including phenoxy) is 2. The molecule has 5 heteroatoms. The molecule has 1 saturated heterocycles. The second-order valence-electron chi connectivity index (χ2n) is 4.23. The SMILES string of the molecule is COc1ccccc1OCC(O)N1CCNCC1. The number of aliphatic hydroxyl groups is 1. The van der Waals surface area contributed by atoms with E-state index in [0.29, 0.717) is 11.5 Å². The normalized spacial score (nSPS) is 18.3. The summed E-state index contributed by atoms with van der Waals surface area (Å²) < 4.78 is 10.8. The van der Waals surface area contributed by atoms with Gasteiger partial charge in [0.1, 0.15) is 12.8 Å². The average Bonchev–Trinajstić information content (AvgIpc) is 2.46. The summed E-state index contributed by atoms with van der Waals surface area (Å²) in [5.74, 6) is 1.35. The first-order chi connectivity index (χ1) is 8.81. The highest BCUT2D eigenvalue weighted by molar-refractivity contribution is 5.39. The second-order valence-corrected chi connectivity index (χ2v) is 4.23. The molecule has 0 aliphatic carbocycles. The molecule has 1 unspecified atom stereocenters. The zero-order valence-corrected chi connectivity index (χ0v) is 10.6. The monoisotopic (exact) mass is 252 g/mol. The third-order valence-electron chi connectivity index (χ3n) is 3.03. The maximum Gasteiger partial charge on any atom is 0.161 e. The topological polar surface area (TPSA) is 54.0 Å². The Morgan fingerprint density at radius 2 is 1.94 bits per heavy atom. The highest BCUT2D eigenvalue weighted by atomic mass is 16.5. The number of nitrogens with one attached hydrogen (secondary N) is 1. The molecule has 0 saturated carbocycles. The van der Waals surface area contributed by atoms with Crippen LogP contribution in [-0.2, 0) is 0 Å². The van der Waals surface area contributed by atoms with Crippen molar-refractivity contribution in [3.8, 4) is 11.5 Å². The minimum absolute atomic E-state index is 0.250. The van der Waals surface area contributed by atoms with Gasteiger partial charge in [-0.15, -0.1) is 0 Å². The lowest BCUT2D eigenvalue weighted by atomic mass is 10.3. The highest BCUT2D eigenvalue weighted by Gasteiger charge is 2.18. The average molecular weight is 252 g/mol. The van der Waals surface area contributed by atoms with Gasteiger partial charge in [0.15, 0.2) is 11.5 Å². The van der Waals surface area contributed by atoms with Crippen LogP contribution in [-0.4, -0.2) is 56.1 Å². The molecule has 2 N–H and O–H groups in total. The molecule has 0 amide bonds. The van der Waals surface area contributed by atoms with Crippen molar-refractivity contribution >= 4 is 0 Å². The van der Waals surface area contributed by atoms with Crippen LogP contribution in [0.1, 0.15) is 0 Å². The summed E-state index contributed by atoms with van der Waals surface area (Å²) in [6, 6.07) is 7.45. The van der Waals surface area contributed by atoms with E-state index in [2.05, 4.69) is 5.32 Å². The molecule has 1 aromatic rings. The Hall–Kier alpha value is -1.30. The fraction of sp³-hybridized carbons (Fsp3) is 0.538. The van der Waals surface area contributed by atoms with Crippen LogP contribution in [0.5, 0.6) is 11.5 Å². The summed E-state index contributed by atoms with van der Waals surface area (Å²) in [4.78, 5) is 2.01. The summed E-state index contributed by atoms with van der Waals surface area (Å²) in [6.45, 7) is 3.75. The van der Waals surface area contributed by atoms with Crippen molar-refractivity contribution in [2.45, 2.75) is 6.23 Å². The summed E-state index contributed by atoms with van der Waals surface area (Å²) in [5, 5.41) is 13.3. The fourth-order valence-electron chi connectivity index (χ4n) is 1.99. The summed E-state index contributed by atoms with van der Waals surface area (Å²) in [5.41, 5.74) is 0. The zero-order chi connectivity index (χ0) is 12.8. The Balaban J connectivity index is 1.86. The van der Waals surface area contributed by atoms with Gasteiger partial charge >= 0.3 is 0 Å². The van der Waals surface area contributed by atoms with Crippen LogP contribution < -0.4 is 14.8 Å². The summed E-state index contributed by atoms with van der Waals surface area (Å²) in [6.07, 6.45) is -0.572. The molecule has 2 rings (SSSR count). The van der Waals surface area contributed by atoms with Crippen LogP contribution in [0.2, 0.25) is 0 Å². The van der Waals surface area contributed by atoms with E-state index in [-0.39, 0.29) is 6.61 Å². The van der Waals surface area contributed by atoms with Crippen LogP contribution in [0.3, 0.4) is 0 Å². The molecule has 18 heavy (non-hydrogen) atoms. The van der Waals surface area contributed by atoms with Gasteiger partial charge in [0.2, 0.25) is 0 Å². The van der Waals surface area contributed by atoms with E-state index in [1.54, 1.807) is 7.11 Å². The molecule has 1 heterocycles. The number of methoxy groups -OCH3 is 1. The van der Waals surface area contributed by atoms with Gasteiger partial charge in [0.25, 0.3) is 0 Å². The van der Waals surface area contributed by atoms with Crippen molar-refractivity contribution in [1.82, 2.24) is 10.2 Å². The predicted molar refractivity (Wildman–Crippen MR) is 68.9 cm³/mol. The molecular weight excluding hydrogens is 232 g/mol. The number of aliphatic hydroxyl groups excluding tert-OH is 1. The summed E-state index contributed by atoms with van der Waals surface area (Å²) in [7, 11) is 1.61. The lowest BCUT2D eigenvalue weighted by Crippen LogP contribution is -2.50. The Bertz CT molecular complexity index is 367. The van der Waals surface area contributed by atoms with E-state index in [0.717, 1.165) is 26.2 Å². The maximum absolute atomic E-state index is 10.0. The van der Waals surface area contributed by atoms with E-state index in [4.69, 9.17) is 9.47 Å². The predicted octanol–water partition coefficient (Wildman–Crippen LogP) is 0.298. The molecule has 1 atom stereocenters. The van der Waals surface area contributed by atoms with Crippen molar-refractivity contribution in [2.24, 2.45) is 0 Å². The molecule has 1 aliphatic heterocycles. The van der Waals surface area contributed by atoms with Crippen LogP contribution >= 0.6 is 0 Å². The van der Waals surface area contributed by atoms with Crippen LogP contribution in [0.4, 0.5) is 0 Å². The van der Waals surface area contributed by atoms with E-state index in [1.807, 2.05) is 29.2 Å². The number of nitrogens with zero attached hydrogens (tertiary/aromatic N) is 1. The van der Waals surface area contributed by atoms with Crippen LogP contribution in [0, 0.1) is 0 Å². The smallest absolute Gasteiger partial charge is 0.161 e. The molecule has 1 aliphatic rings. The lowest BCUT2D eigenvalue weighted by molar-refractivity contribution is -0.0334. The number of rotatable bonds is 5. The minimum Gasteiger partial charge on any atom is -0.493 e. The van der Waals surface area contributed by atoms with E-state index in [1.165, 1.54) is 0 Å². The first kappa shape index (κ1) is 13.1. The van der Waals surface area contributed by atoms with Crippen LogP contribution in [0.25, 0.3) is 0 Å². The quantitative estimate of drug-likeness (QED) is 0.789. The molecule has 0 bridgehead atoms.